The third kappa shape index (κ3) is 4.70. The van der Waals surface area contributed by atoms with Crippen LogP contribution in [0, 0.1) is 11.3 Å². The molecular formula is C13H24N2O4. The Morgan fingerprint density at radius 1 is 1.47 bits per heavy atom. The van der Waals surface area contributed by atoms with Gasteiger partial charge in [-0.25, -0.2) is 4.79 Å². The fourth-order valence-electron chi connectivity index (χ4n) is 1.97. The van der Waals surface area contributed by atoms with Crippen molar-refractivity contribution in [2.75, 3.05) is 32.8 Å². The van der Waals surface area contributed by atoms with Gasteiger partial charge in [-0.05, 0) is 19.3 Å². The lowest BCUT2D eigenvalue weighted by molar-refractivity contribution is -0.146. The van der Waals surface area contributed by atoms with Crippen LogP contribution >= 0.6 is 0 Å². The molecule has 1 aliphatic rings. The van der Waals surface area contributed by atoms with Crippen LogP contribution in [0.25, 0.3) is 0 Å². The molecule has 1 rings (SSSR count). The second kappa shape index (κ2) is 6.75. The number of rotatable bonds is 6. The predicted molar refractivity (Wildman–Crippen MR) is 71.0 cm³/mol. The zero-order valence-electron chi connectivity index (χ0n) is 11.9. The first-order valence-electron chi connectivity index (χ1n) is 6.69. The second-order valence-electron chi connectivity index (χ2n) is 5.74. The topological polar surface area (TPSA) is 78.9 Å². The van der Waals surface area contributed by atoms with Gasteiger partial charge in [-0.15, -0.1) is 0 Å². The van der Waals surface area contributed by atoms with Crippen molar-refractivity contribution in [2.45, 2.75) is 27.2 Å². The molecule has 0 spiro atoms. The lowest BCUT2D eigenvalue weighted by atomic mass is 9.90. The van der Waals surface area contributed by atoms with E-state index >= 15 is 0 Å². The number of urea groups is 1. The van der Waals surface area contributed by atoms with Gasteiger partial charge in [0.05, 0.1) is 12.0 Å². The maximum absolute atomic E-state index is 11.8. The average molecular weight is 272 g/mol. The van der Waals surface area contributed by atoms with Gasteiger partial charge in [0.25, 0.3) is 0 Å². The lowest BCUT2D eigenvalue weighted by Crippen LogP contribution is -2.42. The molecule has 0 aliphatic carbocycles. The third-order valence-electron chi connectivity index (χ3n) is 3.25. The summed E-state index contributed by atoms with van der Waals surface area (Å²) in [7, 11) is 0. The number of ether oxygens (including phenoxy) is 1. The highest BCUT2D eigenvalue weighted by Gasteiger charge is 2.42. The Hall–Kier alpha value is -1.30. The Bertz CT molecular complexity index is 333. The molecule has 0 aromatic heterocycles. The minimum atomic E-state index is -0.844. The number of likely N-dealkylation sites (tertiary alicyclic amines) is 1. The molecule has 0 radical (unpaired) electrons. The molecule has 6 heteroatoms. The van der Waals surface area contributed by atoms with Crippen molar-refractivity contribution in [3.63, 3.8) is 0 Å². The Balaban J connectivity index is 2.23. The first-order valence-corrected chi connectivity index (χ1v) is 6.69. The highest BCUT2D eigenvalue weighted by Crippen LogP contribution is 2.29. The van der Waals surface area contributed by atoms with Crippen LogP contribution in [0.1, 0.15) is 27.2 Å². The number of aliphatic carboxylic acids is 1. The van der Waals surface area contributed by atoms with Crippen molar-refractivity contribution >= 4 is 12.0 Å². The summed E-state index contributed by atoms with van der Waals surface area (Å²) >= 11 is 0. The van der Waals surface area contributed by atoms with Crippen LogP contribution in [0.3, 0.4) is 0 Å². The summed E-state index contributed by atoms with van der Waals surface area (Å²) in [6.07, 6.45) is 0.500. The molecule has 1 saturated heterocycles. The molecule has 1 fully saturated rings. The molecule has 110 valence electrons. The summed E-state index contributed by atoms with van der Waals surface area (Å²) in [6, 6.07) is -0.210. The minimum Gasteiger partial charge on any atom is -0.481 e. The standard InChI is InChI=1S/C13H24N2O4/c1-10(2)8-19-7-5-14-12(18)15-6-4-13(3,9-15)11(16)17/h10H,4-9H2,1-3H3,(H,14,18)(H,16,17). The van der Waals surface area contributed by atoms with Crippen LogP contribution in [0.15, 0.2) is 0 Å². The maximum Gasteiger partial charge on any atom is 0.317 e. The Labute approximate surface area is 114 Å². The van der Waals surface area contributed by atoms with Gasteiger partial charge >= 0.3 is 12.0 Å². The first-order chi connectivity index (χ1) is 8.85. The van der Waals surface area contributed by atoms with E-state index in [0.29, 0.717) is 38.6 Å². The van der Waals surface area contributed by atoms with Crippen LogP contribution in [0.4, 0.5) is 4.79 Å². The minimum absolute atomic E-state index is 0.210. The third-order valence-corrected chi connectivity index (χ3v) is 3.25. The Kier molecular flexibility index (Phi) is 5.60. The summed E-state index contributed by atoms with van der Waals surface area (Å²) in [5.74, 6) is -0.367. The molecule has 2 N–H and O–H groups in total. The molecule has 1 heterocycles. The summed E-state index contributed by atoms with van der Waals surface area (Å²) in [5.41, 5.74) is -0.814. The van der Waals surface area contributed by atoms with Gasteiger partial charge in [-0.1, -0.05) is 13.8 Å². The van der Waals surface area contributed by atoms with Gasteiger partial charge in [-0.2, -0.15) is 0 Å². The molecule has 0 aromatic carbocycles. The van der Waals surface area contributed by atoms with E-state index in [1.807, 2.05) is 0 Å². The number of nitrogens with one attached hydrogen (secondary N) is 1. The van der Waals surface area contributed by atoms with Crippen molar-refractivity contribution in [1.82, 2.24) is 10.2 Å². The van der Waals surface area contributed by atoms with Crippen molar-refractivity contribution in [1.29, 1.82) is 0 Å². The molecule has 0 bridgehead atoms. The molecule has 2 amide bonds. The van der Waals surface area contributed by atoms with E-state index in [-0.39, 0.29) is 12.6 Å². The highest BCUT2D eigenvalue weighted by molar-refractivity contribution is 5.79. The van der Waals surface area contributed by atoms with Gasteiger partial charge in [-0.3, -0.25) is 4.79 Å². The molecular weight excluding hydrogens is 248 g/mol. The second-order valence-corrected chi connectivity index (χ2v) is 5.74. The molecule has 0 saturated carbocycles. The summed E-state index contributed by atoms with van der Waals surface area (Å²) in [4.78, 5) is 24.4. The lowest BCUT2D eigenvalue weighted by Gasteiger charge is -2.20. The molecule has 1 atom stereocenters. The maximum atomic E-state index is 11.8. The van der Waals surface area contributed by atoms with E-state index in [0.717, 1.165) is 0 Å². The molecule has 1 aliphatic heterocycles. The number of amides is 2. The molecule has 6 nitrogen and oxygen atoms in total. The number of carbonyl (C=O) groups is 2. The zero-order chi connectivity index (χ0) is 14.5. The van der Waals surface area contributed by atoms with Gasteiger partial charge in [0.1, 0.15) is 0 Å². The zero-order valence-corrected chi connectivity index (χ0v) is 11.9. The van der Waals surface area contributed by atoms with E-state index in [2.05, 4.69) is 19.2 Å². The van der Waals surface area contributed by atoms with Crippen LogP contribution in [-0.4, -0.2) is 54.9 Å². The number of hydrogen-bond acceptors (Lipinski definition) is 3. The number of nitrogens with zero attached hydrogens (tertiary/aromatic N) is 1. The number of carboxylic acid groups (broad SMARTS) is 1. The van der Waals surface area contributed by atoms with Crippen LogP contribution in [0.2, 0.25) is 0 Å². The van der Waals surface area contributed by atoms with Gasteiger partial charge < -0.3 is 20.1 Å². The number of carbonyl (C=O) groups excluding carboxylic acids is 1. The number of carboxylic acids is 1. The predicted octanol–water partition coefficient (Wildman–Crippen LogP) is 1.17. The van der Waals surface area contributed by atoms with Gasteiger partial charge in [0.2, 0.25) is 0 Å². The summed E-state index contributed by atoms with van der Waals surface area (Å²) < 4.78 is 5.36. The first kappa shape index (κ1) is 15.8. The van der Waals surface area contributed by atoms with E-state index in [9.17, 15) is 9.59 Å². The van der Waals surface area contributed by atoms with Crippen LogP contribution < -0.4 is 5.32 Å². The fraction of sp³-hybridized carbons (Fsp3) is 0.846. The fourth-order valence-corrected chi connectivity index (χ4v) is 1.97. The van der Waals surface area contributed by atoms with Crippen molar-refractivity contribution in [3.8, 4) is 0 Å². The normalized spacial score (nSPS) is 22.8. The van der Waals surface area contributed by atoms with Gasteiger partial charge in [0.15, 0.2) is 0 Å². The molecule has 0 aromatic rings. The largest absolute Gasteiger partial charge is 0.481 e. The van der Waals surface area contributed by atoms with Gasteiger partial charge in [0, 0.05) is 26.2 Å². The molecule has 19 heavy (non-hydrogen) atoms. The van der Waals surface area contributed by atoms with E-state index in [1.165, 1.54) is 0 Å². The van der Waals surface area contributed by atoms with Crippen LogP contribution in [0.5, 0.6) is 0 Å². The SMILES string of the molecule is CC(C)COCCNC(=O)N1CCC(C)(C(=O)O)C1. The highest BCUT2D eigenvalue weighted by atomic mass is 16.5. The van der Waals surface area contributed by atoms with E-state index in [4.69, 9.17) is 9.84 Å². The van der Waals surface area contributed by atoms with Crippen molar-refractivity contribution < 1.29 is 19.4 Å². The van der Waals surface area contributed by atoms with Crippen LogP contribution in [-0.2, 0) is 9.53 Å². The molecule has 1 unspecified atom stereocenters. The smallest absolute Gasteiger partial charge is 0.317 e. The number of hydrogen-bond donors (Lipinski definition) is 2. The summed E-state index contributed by atoms with van der Waals surface area (Å²) in [6.45, 7) is 8.17. The summed E-state index contributed by atoms with van der Waals surface area (Å²) in [5, 5.41) is 11.8. The quantitative estimate of drug-likeness (QED) is 0.711. The Morgan fingerprint density at radius 3 is 2.68 bits per heavy atom. The average Bonchev–Trinajstić information content (AvgIpc) is 2.72. The van der Waals surface area contributed by atoms with E-state index < -0.39 is 11.4 Å². The monoisotopic (exact) mass is 272 g/mol. The Morgan fingerprint density at radius 2 is 2.16 bits per heavy atom. The van der Waals surface area contributed by atoms with Crippen molar-refractivity contribution in [3.05, 3.63) is 0 Å². The van der Waals surface area contributed by atoms with E-state index in [1.54, 1.807) is 11.8 Å². The van der Waals surface area contributed by atoms with Crippen molar-refractivity contribution in [2.24, 2.45) is 11.3 Å².